The first-order valence-electron chi connectivity index (χ1n) is 12.8. The molecule has 0 unspecified atom stereocenters. The minimum absolute atomic E-state index is 0.152. The molecule has 1 N–H and O–H groups in total. The van der Waals surface area contributed by atoms with Crippen LogP contribution >= 0.6 is 0 Å². The van der Waals surface area contributed by atoms with E-state index in [0.29, 0.717) is 12.1 Å². The summed E-state index contributed by atoms with van der Waals surface area (Å²) < 4.78 is 35.3. The topological polar surface area (TPSA) is 75.7 Å². The Kier molecular flexibility index (Phi) is 7.64. The highest BCUT2D eigenvalue weighted by Gasteiger charge is 2.39. The summed E-state index contributed by atoms with van der Waals surface area (Å²) in [6.45, 7) is 9.53. The Labute approximate surface area is 220 Å². The minimum Gasteiger partial charge on any atom is -0.487 e. The number of aryl methyl sites for hydroxylation is 3. The van der Waals surface area contributed by atoms with Crippen molar-refractivity contribution < 1.29 is 17.9 Å². The molecular weight excluding hydrogens is 484 g/mol. The van der Waals surface area contributed by atoms with E-state index in [1.165, 1.54) is 4.31 Å². The van der Waals surface area contributed by atoms with Crippen molar-refractivity contribution in [1.82, 2.24) is 5.32 Å². The maximum absolute atomic E-state index is 13.9. The molecule has 3 aromatic carbocycles. The molecule has 1 heterocycles. The predicted molar refractivity (Wildman–Crippen MR) is 148 cm³/mol. The van der Waals surface area contributed by atoms with E-state index in [9.17, 15) is 13.2 Å². The van der Waals surface area contributed by atoms with E-state index >= 15 is 0 Å². The first kappa shape index (κ1) is 26.7. The summed E-state index contributed by atoms with van der Waals surface area (Å²) in [4.78, 5) is 13.7. The monoisotopic (exact) mass is 520 g/mol. The Morgan fingerprint density at radius 3 is 2.30 bits per heavy atom. The quantitative estimate of drug-likeness (QED) is 0.395. The van der Waals surface area contributed by atoms with Gasteiger partial charge in [-0.3, -0.25) is 9.10 Å². The Morgan fingerprint density at radius 1 is 0.973 bits per heavy atom. The maximum Gasteiger partial charge on any atom is 0.264 e. The fourth-order valence-electron chi connectivity index (χ4n) is 4.93. The Hall–Kier alpha value is -3.32. The number of anilines is 1. The fourth-order valence-corrected chi connectivity index (χ4v) is 6.40. The molecule has 3 aromatic rings. The zero-order valence-electron chi connectivity index (χ0n) is 22.2. The van der Waals surface area contributed by atoms with Gasteiger partial charge in [-0.15, -0.1) is 0 Å². The number of hydrogen-bond donors (Lipinski definition) is 1. The molecule has 1 atom stereocenters. The number of rotatable bonds is 8. The van der Waals surface area contributed by atoms with Crippen LogP contribution in [0.4, 0.5) is 5.69 Å². The Bertz CT molecular complexity index is 1380. The molecule has 0 bridgehead atoms. The number of nitrogens with zero attached hydrogens (tertiary/aromatic N) is 1. The fraction of sp³-hybridized carbons (Fsp3) is 0.367. The maximum atomic E-state index is 13.9. The summed E-state index contributed by atoms with van der Waals surface area (Å²) in [5.74, 6) is 0.404. The van der Waals surface area contributed by atoms with Gasteiger partial charge >= 0.3 is 0 Å². The number of sulfonamides is 1. The van der Waals surface area contributed by atoms with Crippen molar-refractivity contribution in [2.45, 2.75) is 70.4 Å². The van der Waals surface area contributed by atoms with Crippen LogP contribution in [-0.2, 0) is 14.8 Å². The largest absolute Gasteiger partial charge is 0.487 e. The normalized spacial score (nSPS) is 16.4. The first-order valence-corrected chi connectivity index (χ1v) is 14.3. The van der Waals surface area contributed by atoms with Crippen molar-refractivity contribution in [2.24, 2.45) is 0 Å². The van der Waals surface area contributed by atoms with Gasteiger partial charge < -0.3 is 10.1 Å². The van der Waals surface area contributed by atoms with Crippen LogP contribution in [0.5, 0.6) is 5.75 Å². The van der Waals surface area contributed by atoms with Gasteiger partial charge in [-0.2, -0.15) is 0 Å². The average Bonchev–Trinajstić information content (AvgIpc) is 2.89. The molecule has 1 aliphatic rings. The molecule has 1 aliphatic heterocycles. The van der Waals surface area contributed by atoms with E-state index in [1.807, 2.05) is 63.2 Å². The van der Waals surface area contributed by atoms with Crippen LogP contribution in [0.15, 0.2) is 71.6 Å². The van der Waals surface area contributed by atoms with Crippen LogP contribution in [0.25, 0.3) is 0 Å². The molecule has 0 radical (unpaired) electrons. The molecule has 37 heavy (non-hydrogen) atoms. The number of para-hydroxylation sites is 1. The van der Waals surface area contributed by atoms with Gasteiger partial charge in [-0.1, -0.05) is 61.9 Å². The molecule has 0 saturated heterocycles. The number of carbonyl (C=O) groups is 1. The number of benzene rings is 3. The van der Waals surface area contributed by atoms with Crippen molar-refractivity contribution in [3.05, 3.63) is 89.0 Å². The molecule has 1 amide bonds. The lowest BCUT2D eigenvalue weighted by atomic mass is 9.83. The SMILES string of the molecule is CCC1(CC)C[C@H](NC(=O)CN(c2cc(C)ccc2C)S(=O)(=O)c2ccc(C)cc2)c2ccccc2O1. The van der Waals surface area contributed by atoms with Gasteiger partial charge in [0.2, 0.25) is 5.91 Å². The van der Waals surface area contributed by atoms with Crippen LogP contribution in [0, 0.1) is 20.8 Å². The lowest BCUT2D eigenvalue weighted by molar-refractivity contribution is -0.121. The predicted octanol–water partition coefficient (Wildman–Crippen LogP) is 6.01. The number of amides is 1. The van der Waals surface area contributed by atoms with E-state index < -0.39 is 10.0 Å². The Morgan fingerprint density at radius 2 is 1.62 bits per heavy atom. The third-order valence-corrected chi connectivity index (χ3v) is 9.12. The zero-order chi connectivity index (χ0) is 26.8. The molecule has 6 nitrogen and oxygen atoms in total. The van der Waals surface area contributed by atoms with Crippen LogP contribution in [0.1, 0.15) is 61.4 Å². The van der Waals surface area contributed by atoms with E-state index in [-0.39, 0.29) is 29.0 Å². The van der Waals surface area contributed by atoms with Crippen molar-refractivity contribution in [3.63, 3.8) is 0 Å². The molecule has 0 aliphatic carbocycles. The third-order valence-electron chi connectivity index (χ3n) is 7.35. The van der Waals surface area contributed by atoms with E-state index in [4.69, 9.17) is 4.74 Å². The van der Waals surface area contributed by atoms with E-state index in [0.717, 1.165) is 40.8 Å². The Balaban J connectivity index is 1.69. The van der Waals surface area contributed by atoms with Crippen molar-refractivity contribution in [3.8, 4) is 5.75 Å². The molecular formula is C30H36N2O4S. The van der Waals surface area contributed by atoms with Gasteiger partial charge in [0.15, 0.2) is 0 Å². The van der Waals surface area contributed by atoms with Crippen LogP contribution < -0.4 is 14.4 Å². The standard InChI is InChI=1S/C30H36N2O4S/c1-6-30(7-2)19-26(25-10-8-9-11-28(25)36-30)31-29(33)20-32(27-18-22(4)12-15-23(27)5)37(34,35)24-16-13-21(3)14-17-24/h8-18,26H,6-7,19-20H2,1-5H3,(H,31,33)/t26-/m0/s1. The molecule has 0 spiro atoms. The second-order valence-corrected chi connectivity index (χ2v) is 11.8. The van der Waals surface area contributed by atoms with Crippen LogP contribution in [-0.4, -0.2) is 26.5 Å². The van der Waals surface area contributed by atoms with Crippen LogP contribution in [0.2, 0.25) is 0 Å². The molecule has 4 rings (SSSR count). The summed E-state index contributed by atoms with van der Waals surface area (Å²) in [7, 11) is -3.99. The highest BCUT2D eigenvalue weighted by atomic mass is 32.2. The van der Waals surface area contributed by atoms with Gasteiger partial charge in [-0.25, -0.2) is 8.42 Å². The van der Waals surface area contributed by atoms with Crippen LogP contribution in [0.3, 0.4) is 0 Å². The highest BCUT2D eigenvalue weighted by Crippen LogP contribution is 2.42. The molecule has 7 heteroatoms. The first-order chi connectivity index (χ1) is 17.6. The molecule has 0 aromatic heterocycles. The van der Waals surface area contributed by atoms with E-state index in [1.54, 1.807) is 24.3 Å². The second kappa shape index (κ2) is 10.6. The number of ether oxygens (including phenoxy) is 1. The van der Waals surface area contributed by atoms with Gasteiger partial charge in [0.1, 0.15) is 17.9 Å². The highest BCUT2D eigenvalue weighted by molar-refractivity contribution is 7.92. The summed E-state index contributed by atoms with van der Waals surface area (Å²) >= 11 is 0. The smallest absolute Gasteiger partial charge is 0.264 e. The summed E-state index contributed by atoms with van der Waals surface area (Å²) in [5, 5.41) is 3.14. The van der Waals surface area contributed by atoms with Gasteiger partial charge in [0, 0.05) is 12.0 Å². The lowest BCUT2D eigenvalue weighted by Crippen LogP contribution is -2.47. The molecule has 0 saturated carbocycles. The minimum atomic E-state index is -3.99. The van der Waals surface area contributed by atoms with Gasteiger partial charge in [-0.05, 0) is 69.0 Å². The van der Waals surface area contributed by atoms with Crippen molar-refractivity contribution in [1.29, 1.82) is 0 Å². The number of hydrogen-bond acceptors (Lipinski definition) is 4. The second-order valence-electron chi connectivity index (χ2n) is 9.97. The third kappa shape index (κ3) is 5.52. The average molecular weight is 521 g/mol. The lowest BCUT2D eigenvalue weighted by Gasteiger charge is -2.41. The zero-order valence-corrected chi connectivity index (χ0v) is 23.1. The number of fused-ring (bicyclic) bond motifs is 1. The summed E-state index contributed by atoms with van der Waals surface area (Å²) in [5.41, 5.74) is 3.68. The summed E-state index contributed by atoms with van der Waals surface area (Å²) in [6.07, 6.45) is 2.23. The van der Waals surface area contributed by atoms with Crippen molar-refractivity contribution >= 4 is 21.6 Å². The summed E-state index contributed by atoms with van der Waals surface area (Å²) in [6, 6.07) is 19.8. The van der Waals surface area contributed by atoms with Crippen molar-refractivity contribution in [2.75, 3.05) is 10.8 Å². The van der Waals surface area contributed by atoms with Gasteiger partial charge in [0.25, 0.3) is 10.0 Å². The number of carbonyl (C=O) groups excluding carboxylic acids is 1. The molecule has 196 valence electrons. The van der Waals surface area contributed by atoms with E-state index in [2.05, 4.69) is 19.2 Å². The van der Waals surface area contributed by atoms with Gasteiger partial charge in [0.05, 0.1) is 16.6 Å². The molecule has 0 fully saturated rings. The number of nitrogens with one attached hydrogen (secondary N) is 1.